The normalized spacial score (nSPS) is 15.6. The van der Waals surface area contributed by atoms with Crippen molar-refractivity contribution in [3.05, 3.63) is 47.9 Å². The SMILES string of the molecule is COc1cc(C=CCN2CCN(c3ncncc3C(C)C)CC2)ccc1O. The number of methoxy groups -OCH3 is 1. The van der Waals surface area contributed by atoms with Gasteiger partial charge in [-0.1, -0.05) is 32.1 Å². The third-order valence-electron chi connectivity index (χ3n) is 4.89. The highest BCUT2D eigenvalue weighted by Gasteiger charge is 2.20. The summed E-state index contributed by atoms with van der Waals surface area (Å²) >= 11 is 0. The molecule has 1 aliphatic rings. The van der Waals surface area contributed by atoms with E-state index >= 15 is 0 Å². The van der Waals surface area contributed by atoms with Crippen LogP contribution in [0.15, 0.2) is 36.8 Å². The Labute approximate surface area is 161 Å². The summed E-state index contributed by atoms with van der Waals surface area (Å²) in [5.74, 6) is 2.16. The van der Waals surface area contributed by atoms with E-state index in [1.807, 2.05) is 18.3 Å². The smallest absolute Gasteiger partial charge is 0.161 e. The highest BCUT2D eigenvalue weighted by atomic mass is 16.5. The molecule has 1 aromatic carbocycles. The van der Waals surface area contributed by atoms with Crippen molar-refractivity contribution in [3.8, 4) is 11.5 Å². The van der Waals surface area contributed by atoms with Gasteiger partial charge in [0.15, 0.2) is 11.5 Å². The summed E-state index contributed by atoms with van der Waals surface area (Å²) in [5.41, 5.74) is 2.23. The molecule has 0 radical (unpaired) electrons. The Bertz CT molecular complexity index is 784. The predicted molar refractivity (Wildman–Crippen MR) is 108 cm³/mol. The number of rotatable bonds is 6. The van der Waals surface area contributed by atoms with Crippen LogP contribution in [0, 0.1) is 0 Å². The first-order chi connectivity index (χ1) is 13.1. The van der Waals surface area contributed by atoms with Crippen molar-refractivity contribution in [1.82, 2.24) is 14.9 Å². The average molecular weight is 368 g/mol. The molecule has 1 aromatic heterocycles. The minimum Gasteiger partial charge on any atom is -0.504 e. The van der Waals surface area contributed by atoms with Gasteiger partial charge in [0.1, 0.15) is 12.1 Å². The van der Waals surface area contributed by atoms with Gasteiger partial charge in [-0.25, -0.2) is 9.97 Å². The summed E-state index contributed by atoms with van der Waals surface area (Å²) in [7, 11) is 1.56. The second-order valence-corrected chi connectivity index (χ2v) is 7.08. The summed E-state index contributed by atoms with van der Waals surface area (Å²) in [4.78, 5) is 13.5. The summed E-state index contributed by atoms with van der Waals surface area (Å²) in [5, 5.41) is 9.67. The first-order valence-electron chi connectivity index (χ1n) is 9.39. The summed E-state index contributed by atoms with van der Waals surface area (Å²) in [6.07, 6.45) is 7.80. The zero-order valence-corrected chi connectivity index (χ0v) is 16.3. The lowest BCUT2D eigenvalue weighted by Gasteiger charge is -2.36. The molecule has 6 nitrogen and oxygen atoms in total. The lowest BCUT2D eigenvalue weighted by atomic mass is 10.1. The van der Waals surface area contributed by atoms with Gasteiger partial charge in [-0.3, -0.25) is 4.90 Å². The third kappa shape index (κ3) is 4.77. The first-order valence-corrected chi connectivity index (χ1v) is 9.39. The van der Waals surface area contributed by atoms with Gasteiger partial charge >= 0.3 is 0 Å². The number of anilines is 1. The Morgan fingerprint density at radius 1 is 1.22 bits per heavy atom. The van der Waals surface area contributed by atoms with Crippen LogP contribution in [0.2, 0.25) is 0 Å². The number of benzene rings is 1. The van der Waals surface area contributed by atoms with Gasteiger partial charge in [0.05, 0.1) is 7.11 Å². The van der Waals surface area contributed by atoms with Crippen molar-refractivity contribution in [1.29, 1.82) is 0 Å². The Morgan fingerprint density at radius 3 is 2.70 bits per heavy atom. The maximum absolute atomic E-state index is 9.67. The predicted octanol–water partition coefficient (Wildman–Crippen LogP) is 3.15. The first kappa shape index (κ1) is 19.2. The Kier molecular flexibility index (Phi) is 6.29. The van der Waals surface area contributed by atoms with Crippen LogP contribution in [-0.2, 0) is 0 Å². The molecule has 144 valence electrons. The molecule has 0 aliphatic carbocycles. The van der Waals surface area contributed by atoms with Crippen LogP contribution >= 0.6 is 0 Å². The number of piperazine rings is 1. The standard InChI is InChI=1S/C21H28N4O2/c1-16(2)18-14-22-15-23-21(18)25-11-9-24(10-12-25)8-4-5-17-6-7-19(26)20(13-17)27-3/h4-7,13-16,26H,8-12H2,1-3H3. The lowest BCUT2D eigenvalue weighted by molar-refractivity contribution is 0.283. The van der Waals surface area contributed by atoms with Crippen molar-refractivity contribution < 1.29 is 9.84 Å². The van der Waals surface area contributed by atoms with Gasteiger partial charge < -0.3 is 14.7 Å². The fraction of sp³-hybridized carbons (Fsp3) is 0.429. The van der Waals surface area contributed by atoms with Crippen molar-refractivity contribution in [2.24, 2.45) is 0 Å². The molecule has 2 heterocycles. The average Bonchev–Trinajstić information content (AvgIpc) is 2.69. The van der Waals surface area contributed by atoms with Crippen molar-refractivity contribution in [2.75, 3.05) is 44.7 Å². The molecule has 0 amide bonds. The van der Waals surface area contributed by atoms with Gasteiger partial charge in [-0.15, -0.1) is 0 Å². The van der Waals surface area contributed by atoms with E-state index in [2.05, 4.69) is 45.8 Å². The van der Waals surface area contributed by atoms with Crippen LogP contribution in [0.1, 0.15) is 30.9 Å². The summed E-state index contributed by atoms with van der Waals surface area (Å²) in [6.45, 7) is 9.21. The molecule has 0 unspecified atom stereocenters. The molecule has 0 spiro atoms. The molecule has 27 heavy (non-hydrogen) atoms. The number of hydrogen-bond donors (Lipinski definition) is 1. The number of ether oxygens (including phenoxy) is 1. The number of phenolic OH excluding ortho intramolecular Hbond substituents is 1. The number of nitrogens with zero attached hydrogens (tertiary/aromatic N) is 4. The number of aromatic nitrogens is 2. The number of hydrogen-bond acceptors (Lipinski definition) is 6. The maximum atomic E-state index is 9.67. The van der Waals surface area contributed by atoms with E-state index in [1.165, 1.54) is 5.56 Å². The molecule has 0 bridgehead atoms. The quantitative estimate of drug-likeness (QED) is 0.845. The molecule has 3 rings (SSSR count). The van der Waals surface area contributed by atoms with E-state index in [1.54, 1.807) is 19.5 Å². The largest absolute Gasteiger partial charge is 0.504 e. The monoisotopic (exact) mass is 368 g/mol. The van der Waals surface area contributed by atoms with Crippen LogP contribution in [-0.4, -0.2) is 59.8 Å². The zero-order chi connectivity index (χ0) is 19.2. The molecular weight excluding hydrogens is 340 g/mol. The second-order valence-electron chi connectivity index (χ2n) is 7.08. The minimum atomic E-state index is 0.163. The van der Waals surface area contributed by atoms with Crippen molar-refractivity contribution in [3.63, 3.8) is 0 Å². The molecule has 6 heteroatoms. The van der Waals surface area contributed by atoms with Crippen LogP contribution in [0.25, 0.3) is 6.08 Å². The highest BCUT2D eigenvalue weighted by molar-refractivity contribution is 5.55. The Hall–Kier alpha value is -2.60. The van der Waals surface area contributed by atoms with Gasteiger partial charge in [-0.2, -0.15) is 0 Å². The molecule has 1 saturated heterocycles. The van der Waals surface area contributed by atoms with Gasteiger partial charge in [0, 0.05) is 44.5 Å². The Balaban J connectivity index is 1.54. The van der Waals surface area contributed by atoms with E-state index in [4.69, 9.17) is 4.74 Å². The Morgan fingerprint density at radius 2 is 2.00 bits per heavy atom. The molecule has 0 saturated carbocycles. The van der Waals surface area contributed by atoms with E-state index in [9.17, 15) is 5.11 Å². The third-order valence-corrected chi connectivity index (χ3v) is 4.89. The van der Waals surface area contributed by atoms with Crippen LogP contribution < -0.4 is 9.64 Å². The van der Waals surface area contributed by atoms with Crippen molar-refractivity contribution >= 4 is 11.9 Å². The second kappa shape index (κ2) is 8.86. The summed E-state index contributed by atoms with van der Waals surface area (Å²) < 4.78 is 5.15. The summed E-state index contributed by atoms with van der Waals surface area (Å²) in [6, 6.07) is 5.38. The highest BCUT2D eigenvalue weighted by Crippen LogP contribution is 2.27. The number of aromatic hydroxyl groups is 1. The topological polar surface area (TPSA) is 61.7 Å². The van der Waals surface area contributed by atoms with Gasteiger partial charge in [0.2, 0.25) is 0 Å². The fourth-order valence-corrected chi connectivity index (χ4v) is 3.28. The molecule has 1 aliphatic heterocycles. The molecule has 2 aromatic rings. The van der Waals surface area contributed by atoms with E-state index in [0.717, 1.165) is 44.1 Å². The minimum absolute atomic E-state index is 0.163. The molecule has 0 atom stereocenters. The zero-order valence-electron chi connectivity index (χ0n) is 16.3. The van der Waals surface area contributed by atoms with E-state index < -0.39 is 0 Å². The lowest BCUT2D eigenvalue weighted by Crippen LogP contribution is -2.47. The van der Waals surface area contributed by atoms with Gasteiger partial charge in [0.25, 0.3) is 0 Å². The van der Waals surface area contributed by atoms with Crippen LogP contribution in [0.3, 0.4) is 0 Å². The van der Waals surface area contributed by atoms with Crippen molar-refractivity contribution in [2.45, 2.75) is 19.8 Å². The molecule has 1 N–H and O–H groups in total. The maximum Gasteiger partial charge on any atom is 0.161 e. The van der Waals surface area contributed by atoms with Gasteiger partial charge in [-0.05, 0) is 23.6 Å². The van der Waals surface area contributed by atoms with Crippen LogP contribution in [0.4, 0.5) is 5.82 Å². The fourth-order valence-electron chi connectivity index (χ4n) is 3.28. The number of phenols is 1. The molecule has 1 fully saturated rings. The van der Waals surface area contributed by atoms with E-state index in [-0.39, 0.29) is 5.75 Å². The molecular formula is C21H28N4O2. The van der Waals surface area contributed by atoms with E-state index in [0.29, 0.717) is 11.7 Å². The van der Waals surface area contributed by atoms with Crippen LogP contribution in [0.5, 0.6) is 11.5 Å².